The lowest BCUT2D eigenvalue weighted by atomic mass is 9.67. The number of aromatic nitrogens is 3. The molecule has 7 aromatic carbocycles. The van der Waals surface area contributed by atoms with E-state index in [-0.39, 0.29) is 0 Å². The van der Waals surface area contributed by atoms with Crippen molar-refractivity contribution >= 4 is 0 Å². The summed E-state index contributed by atoms with van der Waals surface area (Å²) in [6, 6.07) is 71.6. The maximum atomic E-state index is 5.32. The lowest BCUT2D eigenvalue weighted by Crippen LogP contribution is -2.28. The Morgan fingerprint density at radius 3 is 1.61 bits per heavy atom. The van der Waals surface area contributed by atoms with Gasteiger partial charge in [0.25, 0.3) is 0 Å². The molecule has 1 aliphatic rings. The first kappa shape index (κ1) is 33.3. The molecule has 3 nitrogen and oxygen atoms in total. The predicted octanol–water partition coefficient (Wildman–Crippen LogP) is 12.9. The summed E-state index contributed by atoms with van der Waals surface area (Å²) in [6.07, 6.45) is 1.85. The molecule has 1 aliphatic carbocycles. The topological polar surface area (TPSA) is 38.7 Å². The number of benzene rings is 7. The van der Waals surface area contributed by atoms with Crippen LogP contribution in [-0.4, -0.2) is 15.0 Å². The van der Waals surface area contributed by atoms with Gasteiger partial charge in [0, 0.05) is 34.1 Å². The molecule has 56 heavy (non-hydrogen) atoms. The highest BCUT2D eigenvalue weighted by molar-refractivity contribution is 5.95. The van der Waals surface area contributed by atoms with Gasteiger partial charge in [0.2, 0.25) is 0 Å². The van der Waals surface area contributed by atoms with Crippen LogP contribution in [0.1, 0.15) is 27.9 Å². The van der Waals surface area contributed by atoms with Crippen LogP contribution in [0.15, 0.2) is 206 Å². The normalized spacial score (nSPS) is 14.2. The van der Waals surface area contributed by atoms with E-state index >= 15 is 0 Å². The minimum absolute atomic E-state index is 0.601. The van der Waals surface area contributed by atoms with Crippen LogP contribution in [-0.2, 0) is 5.41 Å². The zero-order valence-electron chi connectivity index (χ0n) is 31.0. The Kier molecular flexibility index (Phi) is 8.26. The molecule has 0 saturated carbocycles. The lowest BCUT2D eigenvalue weighted by Gasteiger charge is -2.34. The maximum Gasteiger partial charge on any atom is 0.161 e. The molecule has 0 aliphatic heterocycles. The molecule has 1 atom stereocenters. The molecule has 9 aromatic rings. The van der Waals surface area contributed by atoms with Crippen molar-refractivity contribution in [1.29, 1.82) is 0 Å². The Morgan fingerprint density at radius 2 is 0.893 bits per heavy atom. The van der Waals surface area contributed by atoms with Crippen molar-refractivity contribution in [1.82, 2.24) is 15.0 Å². The van der Waals surface area contributed by atoms with Crippen LogP contribution in [0.25, 0.3) is 67.3 Å². The lowest BCUT2D eigenvalue weighted by molar-refractivity contribution is 0.769. The number of rotatable bonds is 7. The van der Waals surface area contributed by atoms with Gasteiger partial charge in [-0.2, -0.15) is 0 Å². The Labute approximate surface area is 327 Å². The number of nitrogens with zero attached hydrogens (tertiary/aromatic N) is 3. The number of hydrogen-bond donors (Lipinski definition) is 0. The Balaban J connectivity index is 1.22. The first-order valence-electron chi connectivity index (χ1n) is 19.1. The van der Waals surface area contributed by atoms with E-state index in [1.807, 2.05) is 24.4 Å². The van der Waals surface area contributed by atoms with Crippen LogP contribution in [0.5, 0.6) is 0 Å². The van der Waals surface area contributed by atoms with Gasteiger partial charge in [-0.05, 0) is 81.3 Å². The van der Waals surface area contributed by atoms with E-state index in [0.717, 1.165) is 61.6 Å². The third kappa shape index (κ3) is 5.56. The zero-order valence-corrected chi connectivity index (χ0v) is 31.0. The van der Waals surface area contributed by atoms with E-state index in [1.165, 1.54) is 27.8 Å². The second-order valence-corrected chi connectivity index (χ2v) is 14.4. The average molecular weight is 716 g/mol. The molecule has 0 fully saturated rings. The number of aryl methyl sites for hydroxylation is 1. The molecule has 2 aromatic heterocycles. The van der Waals surface area contributed by atoms with Crippen molar-refractivity contribution in [2.24, 2.45) is 0 Å². The monoisotopic (exact) mass is 715 g/mol. The fraction of sp³-hybridized carbons (Fsp3) is 0.0377. The summed E-state index contributed by atoms with van der Waals surface area (Å²) < 4.78 is 0. The van der Waals surface area contributed by atoms with Crippen molar-refractivity contribution in [3.05, 3.63) is 234 Å². The molecule has 264 valence electrons. The van der Waals surface area contributed by atoms with Crippen LogP contribution < -0.4 is 0 Å². The van der Waals surface area contributed by atoms with E-state index < -0.39 is 5.41 Å². The van der Waals surface area contributed by atoms with Gasteiger partial charge in [-0.25, -0.2) is 9.97 Å². The first-order valence-corrected chi connectivity index (χ1v) is 19.1. The summed E-state index contributed by atoms with van der Waals surface area (Å²) in [7, 11) is 0. The summed E-state index contributed by atoms with van der Waals surface area (Å²) in [5.74, 6) is 0.706. The van der Waals surface area contributed by atoms with Gasteiger partial charge < -0.3 is 0 Å². The molecule has 0 bridgehead atoms. The summed E-state index contributed by atoms with van der Waals surface area (Å²) in [6.45, 7) is 2.07. The number of hydrogen-bond acceptors (Lipinski definition) is 3. The molecular formula is C53H37N3. The maximum absolute atomic E-state index is 5.32. The van der Waals surface area contributed by atoms with Gasteiger partial charge in [-0.3, -0.25) is 4.98 Å². The molecule has 0 spiro atoms. The van der Waals surface area contributed by atoms with Crippen LogP contribution in [0.4, 0.5) is 0 Å². The van der Waals surface area contributed by atoms with Crippen molar-refractivity contribution in [3.8, 4) is 67.3 Å². The highest BCUT2D eigenvalue weighted by Crippen LogP contribution is 2.58. The summed E-state index contributed by atoms with van der Waals surface area (Å²) >= 11 is 0. The van der Waals surface area contributed by atoms with E-state index in [4.69, 9.17) is 9.97 Å². The smallest absolute Gasteiger partial charge is 0.161 e. The Bertz CT molecular complexity index is 2810. The highest BCUT2D eigenvalue weighted by atomic mass is 14.9. The molecule has 0 N–H and O–H groups in total. The molecule has 10 rings (SSSR count). The Morgan fingerprint density at radius 1 is 0.375 bits per heavy atom. The molecule has 1 unspecified atom stereocenters. The summed E-state index contributed by atoms with van der Waals surface area (Å²) in [5, 5.41) is 0. The molecular weight excluding hydrogens is 679 g/mol. The van der Waals surface area contributed by atoms with Gasteiger partial charge in [0.05, 0.1) is 16.8 Å². The zero-order chi connectivity index (χ0) is 37.5. The van der Waals surface area contributed by atoms with Crippen molar-refractivity contribution in [2.45, 2.75) is 12.3 Å². The SMILES string of the molecule is Cc1ncccc1-c1cccc(-c2cccc(C3(c4ccccc4)c4ccccc4-c4c(-c5nc(-c6ccccc6)cc(-c6ccccc6)n5)cccc43)c2)c1. The molecule has 0 saturated heterocycles. The molecule has 0 radical (unpaired) electrons. The summed E-state index contributed by atoms with van der Waals surface area (Å²) in [4.78, 5) is 15.2. The summed E-state index contributed by atoms with van der Waals surface area (Å²) in [5.41, 5.74) is 17.2. The number of pyridine rings is 1. The fourth-order valence-electron chi connectivity index (χ4n) is 8.66. The van der Waals surface area contributed by atoms with Crippen molar-refractivity contribution in [3.63, 3.8) is 0 Å². The van der Waals surface area contributed by atoms with Crippen LogP contribution >= 0.6 is 0 Å². The predicted molar refractivity (Wildman–Crippen MR) is 229 cm³/mol. The van der Waals surface area contributed by atoms with Crippen LogP contribution in [0.3, 0.4) is 0 Å². The first-order chi connectivity index (χ1) is 27.7. The third-order valence-corrected chi connectivity index (χ3v) is 11.2. The Hall–Kier alpha value is -7.23. The minimum Gasteiger partial charge on any atom is -0.261 e. The van der Waals surface area contributed by atoms with Crippen molar-refractivity contribution < 1.29 is 0 Å². The standard InChI is InChI=1S/C53H37N3/c1-36-44(29-16-32-54-36)41-23-13-21-39(33-41)40-22-14-26-43(34-40)53(42-24-9-4-10-25-42)47-30-12-11-27-45(47)51-46(28-15-31-48(51)53)52-55-49(37-17-5-2-6-18-37)35-50(56-52)38-19-7-3-8-20-38/h2-35H,1H3. The quantitative estimate of drug-likeness (QED) is 0.165. The second kappa shape index (κ2) is 13.9. The second-order valence-electron chi connectivity index (χ2n) is 14.4. The van der Waals surface area contributed by atoms with Gasteiger partial charge >= 0.3 is 0 Å². The minimum atomic E-state index is -0.601. The number of fused-ring (bicyclic) bond motifs is 3. The molecule has 0 amide bonds. The third-order valence-electron chi connectivity index (χ3n) is 11.2. The van der Waals surface area contributed by atoms with Crippen LogP contribution in [0, 0.1) is 6.92 Å². The van der Waals surface area contributed by atoms with E-state index in [9.17, 15) is 0 Å². The highest BCUT2D eigenvalue weighted by Gasteiger charge is 2.47. The van der Waals surface area contributed by atoms with Crippen molar-refractivity contribution in [2.75, 3.05) is 0 Å². The van der Waals surface area contributed by atoms with Gasteiger partial charge in [0.15, 0.2) is 5.82 Å². The fourth-order valence-corrected chi connectivity index (χ4v) is 8.66. The van der Waals surface area contributed by atoms with E-state index in [0.29, 0.717) is 5.82 Å². The molecule has 3 heteroatoms. The molecule has 2 heterocycles. The van der Waals surface area contributed by atoms with Gasteiger partial charge in [-0.15, -0.1) is 0 Å². The average Bonchev–Trinajstić information content (AvgIpc) is 3.59. The van der Waals surface area contributed by atoms with Gasteiger partial charge in [-0.1, -0.05) is 176 Å². The van der Waals surface area contributed by atoms with Crippen LogP contribution in [0.2, 0.25) is 0 Å². The largest absolute Gasteiger partial charge is 0.261 e. The van der Waals surface area contributed by atoms with E-state index in [2.05, 4.69) is 194 Å². The van der Waals surface area contributed by atoms with E-state index in [1.54, 1.807) is 0 Å². The van der Waals surface area contributed by atoms with Gasteiger partial charge in [0.1, 0.15) is 0 Å².